The molecule has 9 nitrogen and oxygen atoms in total. The molecule has 1 aromatic carbocycles. The van der Waals surface area contributed by atoms with Crippen molar-refractivity contribution in [2.75, 3.05) is 19.8 Å². The fourth-order valence-corrected chi connectivity index (χ4v) is 4.38. The summed E-state index contributed by atoms with van der Waals surface area (Å²) in [5.74, 6) is -2.76. The van der Waals surface area contributed by atoms with Crippen LogP contribution in [0.5, 0.6) is 0 Å². The van der Waals surface area contributed by atoms with Crippen LogP contribution in [0.25, 0.3) is 0 Å². The number of fused-ring (bicyclic) bond motifs is 1. The molecule has 4 amide bonds. The van der Waals surface area contributed by atoms with Gasteiger partial charge in [0.2, 0.25) is 5.91 Å². The summed E-state index contributed by atoms with van der Waals surface area (Å²) >= 11 is 0. The molecule has 3 aliphatic rings. The zero-order valence-corrected chi connectivity index (χ0v) is 16.7. The minimum Gasteiger partial charge on any atom is -0.443 e. The lowest BCUT2D eigenvalue weighted by Crippen LogP contribution is -2.56. The molecule has 1 aromatic rings. The quantitative estimate of drug-likeness (QED) is 0.519. The number of esters is 1. The molecule has 2 saturated heterocycles. The van der Waals surface area contributed by atoms with E-state index in [2.05, 4.69) is 0 Å². The molecule has 0 spiro atoms. The van der Waals surface area contributed by atoms with E-state index in [0.717, 1.165) is 22.8 Å². The Morgan fingerprint density at radius 3 is 2.37 bits per heavy atom. The van der Waals surface area contributed by atoms with Gasteiger partial charge in [0.25, 0.3) is 17.7 Å². The van der Waals surface area contributed by atoms with Gasteiger partial charge in [-0.25, -0.2) is 4.90 Å². The summed E-state index contributed by atoms with van der Waals surface area (Å²) < 4.78 is 5.28. The first-order valence-electron chi connectivity index (χ1n) is 10.2. The van der Waals surface area contributed by atoms with Gasteiger partial charge in [0.1, 0.15) is 12.1 Å². The first kappa shape index (κ1) is 20.2. The van der Waals surface area contributed by atoms with Crippen LogP contribution in [0.2, 0.25) is 0 Å². The number of piperidine rings is 1. The number of likely N-dealkylation sites (N-methyl/N-ethyl adjacent to an activating group) is 1. The Hall–Kier alpha value is -3.07. The zero-order valence-electron chi connectivity index (χ0n) is 16.7. The van der Waals surface area contributed by atoms with Crippen molar-refractivity contribution in [1.82, 2.24) is 14.7 Å². The Bertz CT molecular complexity index is 894. The number of imide groups is 2. The second-order valence-corrected chi connectivity index (χ2v) is 7.62. The van der Waals surface area contributed by atoms with Gasteiger partial charge in [-0.15, -0.1) is 0 Å². The molecule has 3 aliphatic heterocycles. The molecule has 30 heavy (non-hydrogen) atoms. The molecule has 4 rings (SSSR count). The molecular formula is C21H23N3O6. The number of amides is 4. The predicted molar refractivity (Wildman–Crippen MR) is 103 cm³/mol. The van der Waals surface area contributed by atoms with Crippen molar-refractivity contribution in [3.05, 3.63) is 35.4 Å². The van der Waals surface area contributed by atoms with E-state index in [-0.39, 0.29) is 30.0 Å². The van der Waals surface area contributed by atoms with Crippen LogP contribution in [0.4, 0.5) is 0 Å². The van der Waals surface area contributed by atoms with Crippen LogP contribution in [0.15, 0.2) is 24.3 Å². The molecule has 0 N–H and O–H groups in total. The van der Waals surface area contributed by atoms with Crippen molar-refractivity contribution in [3.8, 4) is 0 Å². The van der Waals surface area contributed by atoms with E-state index in [9.17, 15) is 24.0 Å². The Morgan fingerprint density at radius 1 is 1.07 bits per heavy atom. The number of carbonyl (C=O) groups is 5. The maximum Gasteiger partial charge on any atom is 0.325 e. The largest absolute Gasteiger partial charge is 0.443 e. The molecular weight excluding hydrogens is 390 g/mol. The van der Waals surface area contributed by atoms with Crippen molar-refractivity contribution < 1.29 is 28.7 Å². The first-order chi connectivity index (χ1) is 14.4. The normalized spacial score (nSPS) is 24.6. The van der Waals surface area contributed by atoms with Crippen LogP contribution in [0, 0.1) is 0 Å². The molecule has 0 bridgehead atoms. The summed E-state index contributed by atoms with van der Waals surface area (Å²) in [6, 6.07) is 4.90. The average Bonchev–Trinajstić information content (AvgIpc) is 3.32. The number of hydrogen-bond acceptors (Lipinski definition) is 7. The third kappa shape index (κ3) is 3.28. The second kappa shape index (κ2) is 7.98. The Morgan fingerprint density at radius 2 is 1.73 bits per heavy atom. The van der Waals surface area contributed by atoms with Crippen molar-refractivity contribution in [2.24, 2.45) is 0 Å². The molecule has 2 atom stereocenters. The molecule has 0 aliphatic carbocycles. The Kier molecular flexibility index (Phi) is 5.38. The Labute approximate surface area is 173 Å². The van der Waals surface area contributed by atoms with Crippen LogP contribution < -0.4 is 0 Å². The summed E-state index contributed by atoms with van der Waals surface area (Å²) in [7, 11) is 0. The lowest BCUT2D eigenvalue weighted by molar-refractivity contribution is -0.166. The minimum absolute atomic E-state index is 0.0219. The van der Waals surface area contributed by atoms with Crippen LogP contribution in [0.1, 0.15) is 53.3 Å². The highest BCUT2D eigenvalue weighted by molar-refractivity contribution is 6.23. The summed E-state index contributed by atoms with van der Waals surface area (Å²) in [4.78, 5) is 66.9. The van der Waals surface area contributed by atoms with Crippen molar-refractivity contribution in [2.45, 2.75) is 44.7 Å². The zero-order chi connectivity index (χ0) is 21.4. The van der Waals surface area contributed by atoms with Crippen molar-refractivity contribution in [3.63, 3.8) is 0 Å². The number of likely N-dealkylation sites (tertiary alicyclic amines) is 2. The molecule has 2 unspecified atom stereocenters. The summed E-state index contributed by atoms with van der Waals surface area (Å²) in [6.45, 7) is 2.96. The lowest BCUT2D eigenvalue weighted by Gasteiger charge is -2.34. The monoisotopic (exact) mass is 413 g/mol. The maximum absolute atomic E-state index is 13.0. The lowest BCUT2D eigenvalue weighted by atomic mass is 10.0. The van der Waals surface area contributed by atoms with Gasteiger partial charge in [0, 0.05) is 6.42 Å². The molecule has 0 saturated carbocycles. The van der Waals surface area contributed by atoms with Crippen LogP contribution >= 0.6 is 0 Å². The van der Waals surface area contributed by atoms with Crippen LogP contribution in [-0.2, 0) is 19.1 Å². The molecule has 158 valence electrons. The second-order valence-electron chi connectivity index (χ2n) is 7.62. The number of hydrogen-bond donors (Lipinski definition) is 0. The number of ether oxygens (including phenoxy) is 1. The summed E-state index contributed by atoms with van der Waals surface area (Å²) in [6.07, 6.45) is 1.59. The average molecular weight is 413 g/mol. The predicted octanol–water partition coefficient (Wildman–Crippen LogP) is 0.785. The highest BCUT2D eigenvalue weighted by Gasteiger charge is 2.47. The third-order valence-corrected chi connectivity index (χ3v) is 6.00. The Balaban J connectivity index is 1.46. The van der Waals surface area contributed by atoms with Crippen LogP contribution in [-0.4, -0.2) is 76.2 Å². The standard InChI is InChI=1S/C21H23N3O6/c1-2-22-11-5-8-16(22)21(29)30-12-23-17(25)10-9-15(20(23)28)24-18(26)13-6-3-4-7-14(13)19(24)27/h3-4,6-7,15-16H,2,5,8-12H2,1H3. The minimum atomic E-state index is -1.09. The van der Waals surface area contributed by atoms with Crippen LogP contribution in [0.3, 0.4) is 0 Å². The number of benzene rings is 1. The van der Waals surface area contributed by atoms with E-state index in [1.165, 1.54) is 12.1 Å². The third-order valence-electron chi connectivity index (χ3n) is 6.00. The molecule has 3 heterocycles. The van der Waals surface area contributed by atoms with Gasteiger partial charge in [-0.3, -0.25) is 33.8 Å². The molecule has 9 heteroatoms. The highest BCUT2D eigenvalue weighted by Crippen LogP contribution is 2.29. The number of rotatable bonds is 5. The van der Waals surface area contributed by atoms with E-state index >= 15 is 0 Å². The van der Waals surface area contributed by atoms with E-state index in [1.54, 1.807) is 12.1 Å². The fourth-order valence-electron chi connectivity index (χ4n) is 4.38. The summed E-state index contributed by atoms with van der Waals surface area (Å²) in [5.41, 5.74) is 0.483. The van der Waals surface area contributed by atoms with Gasteiger partial charge in [-0.2, -0.15) is 0 Å². The molecule has 2 fully saturated rings. The van der Waals surface area contributed by atoms with Gasteiger partial charge >= 0.3 is 5.97 Å². The van der Waals surface area contributed by atoms with E-state index < -0.39 is 42.4 Å². The number of nitrogens with zero attached hydrogens (tertiary/aromatic N) is 3. The van der Waals surface area contributed by atoms with Gasteiger partial charge in [-0.05, 0) is 44.5 Å². The number of carbonyl (C=O) groups excluding carboxylic acids is 5. The van der Waals surface area contributed by atoms with Gasteiger partial charge < -0.3 is 4.74 Å². The molecule has 0 aromatic heterocycles. The highest BCUT2D eigenvalue weighted by atomic mass is 16.5. The van der Waals surface area contributed by atoms with E-state index in [4.69, 9.17) is 4.74 Å². The van der Waals surface area contributed by atoms with Crippen molar-refractivity contribution >= 4 is 29.6 Å². The first-order valence-corrected chi connectivity index (χ1v) is 10.2. The smallest absolute Gasteiger partial charge is 0.325 e. The van der Waals surface area contributed by atoms with Crippen molar-refractivity contribution in [1.29, 1.82) is 0 Å². The van der Waals surface area contributed by atoms with Gasteiger partial charge in [0.05, 0.1) is 11.1 Å². The molecule has 0 radical (unpaired) electrons. The topological polar surface area (TPSA) is 104 Å². The SMILES string of the molecule is CCN1CCCC1C(=O)OCN1C(=O)CCC(N2C(=O)c3ccccc3C2=O)C1=O. The van der Waals surface area contributed by atoms with Gasteiger partial charge in [0.15, 0.2) is 6.73 Å². The summed E-state index contributed by atoms with van der Waals surface area (Å²) in [5, 5.41) is 0. The maximum atomic E-state index is 13.0. The fraction of sp³-hybridized carbons (Fsp3) is 0.476. The van der Waals surface area contributed by atoms with E-state index in [0.29, 0.717) is 13.0 Å². The van der Waals surface area contributed by atoms with E-state index in [1.807, 2.05) is 11.8 Å². The van der Waals surface area contributed by atoms with Gasteiger partial charge in [-0.1, -0.05) is 19.1 Å².